The summed E-state index contributed by atoms with van der Waals surface area (Å²) in [6.45, 7) is 2.83. The number of carbonyl (C=O) groups is 2. The topological polar surface area (TPSA) is 59.1 Å². The average molecular weight is 476 g/mol. The third-order valence-electron chi connectivity index (χ3n) is 5.87. The third-order valence-corrected chi connectivity index (χ3v) is 6.97. The molecule has 1 N–H and O–H groups in total. The molecule has 2 aromatic carbocycles. The van der Waals surface area contributed by atoms with Gasteiger partial charge in [0.1, 0.15) is 5.82 Å². The van der Waals surface area contributed by atoms with Gasteiger partial charge in [0.05, 0.1) is 21.7 Å². The first kappa shape index (κ1) is 23.1. The largest absolute Gasteiger partial charge is 0.416 e. The van der Waals surface area contributed by atoms with Gasteiger partial charge in [-0.2, -0.15) is 13.2 Å². The van der Waals surface area contributed by atoms with Crippen molar-refractivity contribution in [3.05, 3.63) is 86.1 Å². The standard InChI is InChI=1S/C24H20F4N2O2S/c1-13-17(7-4-8-18(13)25)23(22(32)29-14(2)31)11-19-20(12-23)33-21(30-19)10-15-5-3-6-16(9-15)24(26,27)28/h3-9H,10-12H2,1-2H3,(H,29,31,32). The number of hydrogen-bond acceptors (Lipinski definition) is 4. The predicted octanol–water partition coefficient (Wildman–Crippen LogP) is 4.90. The molecule has 1 aromatic heterocycles. The van der Waals surface area contributed by atoms with Crippen LogP contribution in [0.5, 0.6) is 0 Å². The van der Waals surface area contributed by atoms with Crippen molar-refractivity contribution < 1.29 is 27.2 Å². The normalized spacial score (nSPS) is 17.6. The molecule has 0 fully saturated rings. The van der Waals surface area contributed by atoms with Crippen LogP contribution in [0.15, 0.2) is 42.5 Å². The highest BCUT2D eigenvalue weighted by Crippen LogP contribution is 2.44. The minimum absolute atomic E-state index is 0.171. The molecule has 1 aliphatic carbocycles. The van der Waals surface area contributed by atoms with E-state index in [4.69, 9.17) is 0 Å². The van der Waals surface area contributed by atoms with Gasteiger partial charge in [-0.3, -0.25) is 14.9 Å². The maximum absolute atomic E-state index is 14.3. The molecular formula is C24H20F4N2O2S. The van der Waals surface area contributed by atoms with Gasteiger partial charge in [0.2, 0.25) is 11.8 Å². The Balaban J connectivity index is 1.65. The molecule has 0 saturated heterocycles. The molecule has 0 saturated carbocycles. The Bertz CT molecular complexity index is 1230. The molecule has 4 rings (SSSR count). The average Bonchev–Trinajstić information content (AvgIpc) is 3.25. The molecule has 4 nitrogen and oxygen atoms in total. The molecule has 0 spiro atoms. The van der Waals surface area contributed by atoms with Gasteiger partial charge in [-0.25, -0.2) is 9.37 Å². The van der Waals surface area contributed by atoms with E-state index in [0.29, 0.717) is 27.4 Å². The Kier molecular flexibility index (Phi) is 5.86. The number of halogens is 4. The second kappa shape index (κ2) is 8.37. The van der Waals surface area contributed by atoms with Crippen LogP contribution in [0, 0.1) is 12.7 Å². The molecule has 172 valence electrons. The van der Waals surface area contributed by atoms with E-state index in [1.54, 1.807) is 19.1 Å². The van der Waals surface area contributed by atoms with Crippen molar-refractivity contribution in [3.63, 3.8) is 0 Å². The molecule has 2 amide bonds. The first-order valence-corrected chi connectivity index (χ1v) is 11.0. The van der Waals surface area contributed by atoms with Gasteiger partial charge in [0, 0.05) is 31.1 Å². The van der Waals surface area contributed by atoms with Crippen LogP contribution in [-0.2, 0) is 40.4 Å². The zero-order valence-corrected chi connectivity index (χ0v) is 18.7. The molecule has 3 aromatic rings. The molecular weight excluding hydrogens is 456 g/mol. The van der Waals surface area contributed by atoms with Crippen molar-refractivity contribution in [1.82, 2.24) is 10.3 Å². The highest BCUT2D eigenvalue weighted by atomic mass is 32.1. The van der Waals surface area contributed by atoms with E-state index in [2.05, 4.69) is 10.3 Å². The number of thiazole rings is 1. The van der Waals surface area contributed by atoms with Gasteiger partial charge in [-0.05, 0) is 35.7 Å². The third kappa shape index (κ3) is 4.42. The number of alkyl halides is 3. The van der Waals surface area contributed by atoms with E-state index < -0.39 is 34.8 Å². The lowest BCUT2D eigenvalue weighted by molar-refractivity contribution is -0.137. The maximum Gasteiger partial charge on any atom is 0.416 e. The van der Waals surface area contributed by atoms with Crippen molar-refractivity contribution in [3.8, 4) is 0 Å². The Morgan fingerprint density at radius 2 is 1.88 bits per heavy atom. The van der Waals surface area contributed by atoms with Crippen molar-refractivity contribution in [2.75, 3.05) is 0 Å². The zero-order valence-electron chi connectivity index (χ0n) is 17.8. The van der Waals surface area contributed by atoms with Crippen molar-refractivity contribution in [2.24, 2.45) is 0 Å². The predicted molar refractivity (Wildman–Crippen MR) is 115 cm³/mol. The number of imide groups is 1. The van der Waals surface area contributed by atoms with E-state index in [0.717, 1.165) is 17.0 Å². The lowest BCUT2D eigenvalue weighted by Crippen LogP contribution is -2.47. The number of carbonyl (C=O) groups excluding carboxylic acids is 2. The van der Waals surface area contributed by atoms with Crippen LogP contribution in [0.2, 0.25) is 0 Å². The van der Waals surface area contributed by atoms with Crippen molar-refractivity contribution in [1.29, 1.82) is 0 Å². The fourth-order valence-electron chi connectivity index (χ4n) is 4.32. The second-order valence-electron chi connectivity index (χ2n) is 8.21. The number of nitrogens with one attached hydrogen (secondary N) is 1. The SMILES string of the molecule is CC(=O)NC(=O)C1(c2cccc(F)c2C)Cc2nc(Cc3cccc(C(F)(F)F)c3)sc2C1. The lowest BCUT2D eigenvalue weighted by Gasteiger charge is -2.29. The highest BCUT2D eigenvalue weighted by Gasteiger charge is 2.48. The van der Waals surface area contributed by atoms with Gasteiger partial charge in [0.25, 0.3) is 0 Å². The van der Waals surface area contributed by atoms with E-state index >= 15 is 0 Å². The molecule has 0 radical (unpaired) electrons. The number of amides is 2. The number of fused-ring (bicyclic) bond motifs is 1. The van der Waals surface area contributed by atoms with Gasteiger partial charge in [-0.15, -0.1) is 11.3 Å². The first-order chi connectivity index (χ1) is 15.5. The van der Waals surface area contributed by atoms with E-state index in [-0.39, 0.29) is 19.3 Å². The second-order valence-corrected chi connectivity index (χ2v) is 9.38. The monoisotopic (exact) mass is 476 g/mol. The number of rotatable bonds is 4. The smallest absolute Gasteiger partial charge is 0.296 e. The van der Waals surface area contributed by atoms with Gasteiger partial charge < -0.3 is 0 Å². The summed E-state index contributed by atoms with van der Waals surface area (Å²) in [5.74, 6) is -1.48. The Hall–Kier alpha value is -3.07. The van der Waals surface area contributed by atoms with Crippen LogP contribution in [0.3, 0.4) is 0 Å². The van der Waals surface area contributed by atoms with Crippen LogP contribution in [0.25, 0.3) is 0 Å². The van der Waals surface area contributed by atoms with Crippen LogP contribution in [0.1, 0.15) is 44.8 Å². The molecule has 33 heavy (non-hydrogen) atoms. The zero-order chi connectivity index (χ0) is 24.0. The molecule has 1 unspecified atom stereocenters. The van der Waals surface area contributed by atoms with Crippen LogP contribution >= 0.6 is 11.3 Å². The minimum Gasteiger partial charge on any atom is -0.296 e. The molecule has 9 heteroatoms. The summed E-state index contributed by atoms with van der Waals surface area (Å²) in [5, 5.41) is 2.98. The molecule has 1 heterocycles. The van der Waals surface area contributed by atoms with Crippen LogP contribution < -0.4 is 5.32 Å². The Labute approximate surface area is 191 Å². The number of nitrogens with zero attached hydrogens (tertiary/aromatic N) is 1. The quantitative estimate of drug-likeness (QED) is 0.545. The maximum atomic E-state index is 14.3. The Morgan fingerprint density at radius 1 is 1.15 bits per heavy atom. The summed E-state index contributed by atoms with van der Waals surface area (Å²) in [5.41, 5.74) is 0.0518. The highest BCUT2D eigenvalue weighted by molar-refractivity contribution is 7.11. The number of hydrogen-bond donors (Lipinski definition) is 1. The summed E-state index contributed by atoms with van der Waals surface area (Å²) >= 11 is 1.32. The fraction of sp³-hybridized carbons (Fsp3) is 0.292. The minimum atomic E-state index is -4.42. The lowest BCUT2D eigenvalue weighted by atomic mass is 9.75. The molecule has 0 aliphatic heterocycles. The van der Waals surface area contributed by atoms with E-state index in [9.17, 15) is 27.2 Å². The summed E-state index contributed by atoms with van der Waals surface area (Å²) < 4.78 is 53.3. The molecule has 1 aliphatic rings. The van der Waals surface area contributed by atoms with Crippen LogP contribution in [0.4, 0.5) is 17.6 Å². The summed E-state index contributed by atoms with van der Waals surface area (Å²) in [7, 11) is 0. The van der Waals surface area contributed by atoms with Crippen LogP contribution in [-0.4, -0.2) is 16.8 Å². The van der Waals surface area contributed by atoms with Gasteiger partial charge in [0.15, 0.2) is 0 Å². The summed E-state index contributed by atoms with van der Waals surface area (Å²) in [6, 6.07) is 9.62. The van der Waals surface area contributed by atoms with E-state index in [1.165, 1.54) is 36.5 Å². The van der Waals surface area contributed by atoms with E-state index in [1.807, 2.05) is 0 Å². The fourth-order valence-corrected chi connectivity index (χ4v) is 5.56. The molecule has 1 atom stereocenters. The number of benzene rings is 2. The Morgan fingerprint density at radius 3 is 2.55 bits per heavy atom. The van der Waals surface area contributed by atoms with Gasteiger partial charge in [-0.1, -0.05) is 30.3 Å². The first-order valence-electron chi connectivity index (χ1n) is 10.2. The summed E-state index contributed by atoms with van der Waals surface area (Å²) in [6.07, 6.45) is -3.79. The molecule has 0 bridgehead atoms. The van der Waals surface area contributed by atoms with Crippen molar-refractivity contribution >= 4 is 23.2 Å². The van der Waals surface area contributed by atoms with Crippen molar-refractivity contribution in [2.45, 2.75) is 44.7 Å². The summed E-state index contributed by atoms with van der Waals surface area (Å²) in [4.78, 5) is 30.1. The van der Waals surface area contributed by atoms with Gasteiger partial charge >= 0.3 is 6.18 Å². The number of aromatic nitrogens is 1.